The lowest BCUT2D eigenvalue weighted by Crippen LogP contribution is -2.36. The lowest BCUT2D eigenvalue weighted by atomic mass is 10.1. The number of rotatable bonds is 30. The lowest BCUT2D eigenvalue weighted by Gasteiger charge is -2.27. The number of azo groups is 2. The van der Waals surface area contributed by atoms with E-state index in [4.69, 9.17) is 24.4 Å². The smallest absolute Gasteiger partial charge is 0.296 e. The van der Waals surface area contributed by atoms with E-state index >= 15 is 0 Å². The monoisotopic (exact) mass is 1470 g/mol. The van der Waals surface area contributed by atoms with Gasteiger partial charge < -0.3 is 50.3 Å². The summed E-state index contributed by atoms with van der Waals surface area (Å²) in [6.45, 7) is 15.6. The standard InChI is InChI=1S/C61H69N17O15S6/c1-7-75(8-2)39-19-21-43(71-73-60-66-53(77-23-27-92-28-24-77)49(95-60)35-41(37(5)79)55(81)62-45-15-11-13-17-51(45)98(86,87)88)47(33-39)64-57-68-58(70-59(69-57)94-31-32-97(83,84)85)65-48-34-40(76(9-3)10-4)20-22-44(48)72-74-61-67-54(78-25-29-93-30-26-78)50(96-61)36-42(38(6)80)56(82)63-46-16-12-14-18-52(46)99(89,90)91/h11-22,33-36H,7-10,23-32H2,1-6H3,(H,62,81)(H,63,82)(H,83,84,85)(H,86,87,88)(H,89,90,91)(H2,64,65,68,69,70)/b41-35-,42-36+,73-71?,74-72?. The number of morpholine rings is 2. The van der Waals surface area contributed by atoms with Gasteiger partial charge in [0, 0.05) is 69.5 Å². The first-order valence-electron chi connectivity index (χ1n) is 30.6. The summed E-state index contributed by atoms with van der Waals surface area (Å²) in [4.78, 5) is 85.2. The largest absolute Gasteiger partial charge is 0.378 e. The highest BCUT2D eigenvalue weighted by Gasteiger charge is 2.28. The highest BCUT2D eigenvalue weighted by Crippen LogP contribution is 2.41. The van der Waals surface area contributed by atoms with E-state index in [1.165, 1.54) is 62.4 Å². The maximum Gasteiger partial charge on any atom is 0.296 e. The molecule has 0 aliphatic carbocycles. The number of hydrogen-bond donors (Lipinski definition) is 7. The molecule has 2 aliphatic heterocycles. The Hall–Kier alpha value is -9.09. The predicted octanol–water partition coefficient (Wildman–Crippen LogP) is 10.2. The average Bonchev–Trinajstić information content (AvgIpc) is 1.80. The number of ketones is 2. The van der Waals surface area contributed by atoms with Gasteiger partial charge in [0.2, 0.25) is 22.2 Å². The Morgan fingerprint density at radius 1 is 0.556 bits per heavy atom. The van der Waals surface area contributed by atoms with Gasteiger partial charge in [0.25, 0.3) is 42.2 Å². The van der Waals surface area contributed by atoms with Crippen molar-refractivity contribution in [3.05, 3.63) is 106 Å². The minimum atomic E-state index is -4.77. The second kappa shape index (κ2) is 33.2. The van der Waals surface area contributed by atoms with E-state index in [1.807, 2.05) is 49.6 Å². The maximum atomic E-state index is 13.8. The van der Waals surface area contributed by atoms with Gasteiger partial charge in [-0.05, 0) is 114 Å². The van der Waals surface area contributed by atoms with Crippen LogP contribution in [0.1, 0.15) is 51.3 Å². The van der Waals surface area contributed by atoms with E-state index < -0.39 is 69.3 Å². The molecule has 32 nitrogen and oxygen atoms in total. The molecule has 2 amide bonds. The van der Waals surface area contributed by atoms with E-state index in [9.17, 15) is 58.1 Å². The number of aromatic nitrogens is 5. The predicted molar refractivity (Wildman–Crippen MR) is 379 cm³/mol. The first-order chi connectivity index (χ1) is 47.2. The molecule has 2 saturated heterocycles. The number of carbonyl (C=O) groups excluding carboxylic acids is 4. The molecule has 3 aromatic heterocycles. The molecule has 2 fully saturated rings. The number of nitrogens with one attached hydrogen (secondary N) is 4. The fraction of sp³-hybridized carbons (Fsp3) is 0.328. The van der Waals surface area contributed by atoms with Crippen molar-refractivity contribution in [2.45, 2.75) is 56.5 Å². The van der Waals surface area contributed by atoms with Gasteiger partial charge in [-0.3, -0.25) is 32.8 Å². The topological polar surface area (TPSA) is 425 Å². The van der Waals surface area contributed by atoms with Crippen LogP contribution in [0.3, 0.4) is 0 Å². The second-order valence-corrected chi connectivity index (χ2v) is 28.9. The van der Waals surface area contributed by atoms with Crippen LogP contribution >= 0.6 is 34.4 Å². The SMILES string of the molecule is CCN(CC)c1ccc(N=Nc2nc(N3CCOCC3)c(/C=C(/C(C)=O)C(=O)Nc3ccccc3S(=O)(=O)O)s2)c(Nc2nc(Nc3cc(N(CC)CC)ccc3N=Nc3nc(N4CCOCC4)c(/C=C(\C(C)=O)C(=O)Nc4ccccc4S(=O)(=O)O)s3)nc(SCCS(=O)(=O)O)n2)c1. The van der Waals surface area contributed by atoms with Gasteiger partial charge in [0.05, 0.1) is 75.8 Å². The maximum absolute atomic E-state index is 13.8. The first kappa shape index (κ1) is 74.1. The zero-order chi connectivity index (χ0) is 71.2. The number of nitrogens with zero attached hydrogens (tertiary/aromatic N) is 13. The molecule has 0 spiro atoms. The summed E-state index contributed by atoms with van der Waals surface area (Å²) in [5.41, 5.74) is 1.43. The summed E-state index contributed by atoms with van der Waals surface area (Å²) in [6.07, 6.45) is 2.65. The Morgan fingerprint density at radius 2 is 0.949 bits per heavy atom. The third kappa shape index (κ3) is 19.9. The Kier molecular flexibility index (Phi) is 24.8. The fourth-order valence-corrected chi connectivity index (χ4v) is 14.6. The van der Waals surface area contributed by atoms with Gasteiger partial charge in [-0.25, -0.2) is 0 Å². The number of carbonyl (C=O) groups is 4. The van der Waals surface area contributed by atoms with Crippen LogP contribution in [0, 0.1) is 0 Å². The fourth-order valence-electron chi connectivity index (χ4n) is 9.99. The molecule has 0 radical (unpaired) electrons. The molecule has 0 bridgehead atoms. The van der Waals surface area contributed by atoms with E-state index in [2.05, 4.69) is 61.5 Å². The minimum absolute atomic E-state index is 0.0188. The third-order valence-electron chi connectivity index (χ3n) is 14.9. The number of para-hydroxylation sites is 2. The van der Waals surface area contributed by atoms with Crippen LogP contribution in [-0.2, 0) is 59.0 Å². The number of benzene rings is 4. The molecule has 524 valence electrons. The Labute approximate surface area is 582 Å². The average molecular weight is 1470 g/mol. The van der Waals surface area contributed by atoms with Crippen molar-refractivity contribution >= 4 is 180 Å². The molecule has 0 saturated carbocycles. The Balaban J connectivity index is 1.09. The van der Waals surface area contributed by atoms with Crippen molar-refractivity contribution < 1.29 is 67.6 Å². The molecule has 38 heteroatoms. The van der Waals surface area contributed by atoms with Gasteiger partial charge >= 0.3 is 0 Å². The molecular formula is C61H69N17O15S6. The zero-order valence-corrected chi connectivity index (χ0v) is 59.0. The van der Waals surface area contributed by atoms with Crippen LogP contribution < -0.4 is 40.9 Å². The molecule has 2 aliphatic rings. The van der Waals surface area contributed by atoms with Gasteiger partial charge in [0.15, 0.2) is 16.7 Å². The minimum Gasteiger partial charge on any atom is -0.378 e. The molecule has 5 heterocycles. The van der Waals surface area contributed by atoms with Crippen LogP contribution in [0.15, 0.2) is 131 Å². The third-order valence-corrected chi connectivity index (χ3v) is 20.3. The number of thioether (sulfide) groups is 1. The Morgan fingerprint density at radius 3 is 1.31 bits per heavy atom. The van der Waals surface area contributed by atoms with Crippen molar-refractivity contribution in [2.75, 3.05) is 131 Å². The summed E-state index contributed by atoms with van der Waals surface area (Å²) >= 11 is 2.92. The van der Waals surface area contributed by atoms with Crippen LogP contribution in [-0.4, -0.2) is 178 Å². The first-order valence-corrected chi connectivity index (χ1v) is 37.7. The number of Topliss-reactive ketones (excluding diaryl/α,β-unsaturated/α-hetero) is 2. The summed E-state index contributed by atoms with van der Waals surface area (Å²) < 4.78 is 113. The highest BCUT2D eigenvalue weighted by atomic mass is 32.2. The summed E-state index contributed by atoms with van der Waals surface area (Å²) in [5.74, 6) is -3.49. The lowest BCUT2D eigenvalue weighted by molar-refractivity contribution is -0.120. The van der Waals surface area contributed by atoms with Crippen molar-refractivity contribution in [3.63, 3.8) is 0 Å². The zero-order valence-electron chi connectivity index (χ0n) is 54.1. The normalized spacial score (nSPS) is 14.2. The molecule has 99 heavy (non-hydrogen) atoms. The van der Waals surface area contributed by atoms with Crippen molar-refractivity contribution in [2.24, 2.45) is 20.5 Å². The number of ether oxygens (including phenoxy) is 2. The molecule has 9 rings (SSSR count). The molecule has 0 atom stereocenters. The quantitative estimate of drug-likeness (QED) is 0.00549. The Bertz CT molecular complexity index is 4380. The molecular weight excluding hydrogens is 1400 g/mol. The van der Waals surface area contributed by atoms with E-state index in [-0.39, 0.29) is 67.0 Å². The van der Waals surface area contributed by atoms with E-state index in [1.54, 1.807) is 24.3 Å². The van der Waals surface area contributed by atoms with Crippen molar-refractivity contribution in [1.29, 1.82) is 0 Å². The van der Waals surface area contributed by atoms with Crippen LogP contribution in [0.5, 0.6) is 0 Å². The molecule has 7 aromatic rings. The van der Waals surface area contributed by atoms with Crippen LogP contribution in [0.4, 0.5) is 79.3 Å². The van der Waals surface area contributed by atoms with Gasteiger partial charge in [-0.15, -0.1) is 20.5 Å². The van der Waals surface area contributed by atoms with Gasteiger partial charge in [0.1, 0.15) is 32.8 Å². The highest BCUT2D eigenvalue weighted by molar-refractivity contribution is 8.00. The summed E-state index contributed by atoms with van der Waals surface area (Å²) in [5, 5.41) is 30.1. The summed E-state index contributed by atoms with van der Waals surface area (Å²) in [6, 6.07) is 21.0. The second-order valence-electron chi connectivity index (χ2n) is 21.4. The molecule has 0 unspecified atom stereocenters. The van der Waals surface area contributed by atoms with E-state index in [0.717, 1.165) is 57.9 Å². The molecule has 7 N–H and O–H groups in total. The van der Waals surface area contributed by atoms with E-state index in [0.29, 0.717) is 112 Å². The van der Waals surface area contributed by atoms with Gasteiger partial charge in [-0.2, -0.15) is 50.2 Å². The number of anilines is 10. The number of hydrogen-bond acceptors (Lipinski definition) is 30. The number of amides is 2. The van der Waals surface area contributed by atoms with Crippen molar-refractivity contribution in [1.82, 2.24) is 24.9 Å². The van der Waals surface area contributed by atoms with Crippen LogP contribution in [0.25, 0.3) is 12.2 Å². The van der Waals surface area contributed by atoms with Crippen LogP contribution in [0.2, 0.25) is 0 Å². The van der Waals surface area contributed by atoms with Crippen molar-refractivity contribution in [3.8, 4) is 0 Å². The van der Waals surface area contributed by atoms with Gasteiger partial charge in [-0.1, -0.05) is 58.7 Å². The summed E-state index contributed by atoms with van der Waals surface area (Å²) in [7, 11) is -14.0. The number of thiazole rings is 2. The molecule has 4 aromatic carbocycles.